The number of amides is 1. The van der Waals surface area contributed by atoms with Crippen molar-refractivity contribution in [3.63, 3.8) is 0 Å². The topological polar surface area (TPSA) is 92.5 Å². The molecule has 1 aromatic carbocycles. The van der Waals surface area contributed by atoms with E-state index in [1.54, 1.807) is 6.07 Å². The standard InChI is InChI=1S/C13H17IN2O4/c1-2-9(5-6-17)8-15-13(18)11-7-10(16(19)20)3-4-12(11)14/h3-4,7,9,17H,2,5-6,8H2,1H3,(H,15,18). The third-order valence-corrected chi connectivity index (χ3v) is 4.01. The highest BCUT2D eigenvalue weighted by atomic mass is 127. The van der Waals surface area contributed by atoms with Crippen molar-refractivity contribution >= 4 is 34.2 Å². The first-order chi connectivity index (χ1) is 9.49. The Hall–Kier alpha value is -1.22. The van der Waals surface area contributed by atoms with E-state index in [1.165, 1.54) is 12.1 Å². The highest BCUT2D eigenvalue weighted by molar-refractivity contribution is 14.1. The molecule has 2 N–H and O–H groups in total. The van der Waals surface area contributed by atoms with Gasteiger partial charge in [-0.15, -0.1) is 0 Å². The number of benzene rings is 1. The maximum absolute atomic E-state index is 12.1. The van der Waals surface area contributed by atoms with E-state index in [0.29, 0.717) is 22.1 Å². The highest BCUT2D eigenvalue weighted by Gasteiger charge is 2.16. The van der Waals surface area contributed by atoms with Crippen LogP contribution in [-0.2, 0) is 0 Å². The van der Waals surface area contributed by atoms with E-state index in [9.17, 15) is 14.9 Å². The Morgan fingerprint density at radius 1 is 1.55 bits per heavy atom. The van der Waals surface area contributed by atoms with Crippen LogP contribution in [0.5, 0.6) is 0 Å². The van der Waals surface area contributed by atoms with Gasteiger partial charge in [0.2, 0.25) is 0 Å². The Balaban J connectivity index is 2.76. The second kappa shape index (κ2) is 8.15. The monoisotopic (exact) mass is 392 g/mol. The normalized spacial score (nSPS) is 11.9. The lowest BCUT2D eigenvalue weighted by molar-refractivity contribution is -0.384. The molecule has 0 aromatic heterocycles. The first-order valence-electron chi connectivity index (χ1n) is 6.32. The number of carbonyl (C=O) groups excluding carboxylic acids is 1. The van der Waals surface area contributed by atoms with Gasteiger partial charge in [-0.3, -0.25) is 14.9 Å². The molecule has 1 aromatic rings. The van der Waals surface area contributed by atoms with E-state index in [-0.39, 0.29) is 24.1 Å². The van der Waals surface area contributed by atoms with Crippen LogP contribution in [0.2, 0.25) is 0 Å². The van der Waals surface area contributed by atoms with Gasteiger partial charge in [0.25, 0.3) is 11.6 Å². The number of halogens is 1. The van der Waals surface area contributed by atoms with Crippen LogP contribution in [0.3, 0.4) is 0 Å². The number of rotatable bonds is 7. The molecule has 0 bridgehead atoms. The van der Waals surface area contributed by atoms with Gasteiger partial charge in [0, 0.05) is 28.9 Å². The van der Waals surface area contributed by atoms with Crippen LogP contribution in [0.1, 0.15) is 30.1 Å². The average molecular weight is 392 g/mol. The fourth-order valence-electron chi connectivity index (χ4n) is 1.77. The van der Waals surface area contributed by atoms with Gasteiger partial charge in [-0.2, -0.15) is 0 Å². The molecule has 110 valence electrons. The zero-order chi connectivity index (χ0) is 15.1. The zero-order valence-corrected chi connectivity index (χ0v) is 13.3. The van der Waals surface area contributed by atoms with E-state index in [0.717, 1.165) is 6.42 Å². The first-order valence-corrected chi connectivity index (χ1v) is 7.40. The molecule has 0 spiro atoms. The third kappa shape index (κ3) is 4.71. The Morgan fingerprint density at radius 3 is 2.80 bits per heavy atom. The summed E-state index contributed by atoms with van der Waals surface area (Å²) in [6, 6.07) is 4.21. The second-order valence-corrected chi connectivity index (χ2v) is 5.58. The molecule has 0 saturated carbocycles. The van der Waals surface area contributed by atoms with Crippen LogP contribution < -0.4 is 5.32 Å². The van der Waals surface area contributed by atoms with Crippen molar-refractivity contribution in [2.75, 3.05) is 13.2 Å². The van der Waals surface area contributed by atoms with Gasteiger partial charge in [0.15, 0.2) is 0 Å². The summed E-state index contributed by atoms with van der Waals surface area (Å²) in [5, 5.41) is 22.4. The van der Waals surface area contributed by atoms with Crippen molar-refractivity contribution in [2.24, 2.45) is 5.92 Å². The Kier molecular flexibility index (Phi) is 6.86. The Labute approximate surface area is 130 Å². The number of aliphatic hydroxyl groups is 1. The third-order valence-electron chi connectivity index (χ3n) is 3.07. The maximum Gasteiger partial charge on any atom is 0.270 e. The number of nitrogens with zero attached hydrogens (tertiary/aromatic N) is 1. The smallest absolute Gasteiger partial charge is 0.270 e. The fraction of sp³-hybridized carbons (Fsp3) is 0.462. The van der Waals surface area contributed by atoms with Crippen LogP contribution in [0.4, 0.5) is 5.69 Å². The number of carbonyl (C=O) groups is 1. The number of hydrogen-bond donors (Lipinski definition) is 2. The molecule has 0 fully saturated rings. The number of aliphatic hydroxyl groups excluding tert-OH is 1. The lowest BCUT2D eigenvalue weighted by Crippen LogP contribution is -2.30. The molecule has 0 aliphatic carbocycles. The number of nitro benzene ring substituents is 1. The summed E-state index contributed by atoms with van der Waals surface area (Å²) in [6.45, 7) is 2.53. The zero-order valence-electron chi connectivity index (χ0n) is 11.1. The minimum Gasteiger partial charge on any atom is -0.396 e. The lowest BCUT2D eigenvalue weighted by Gasteiger charge is -2.14. The van der Waals surface area contributed by atoms with Crippen molar-refractivity contribution in [3.05, 3.63) is 37.4 Å². The van der Waals surface area contributed by atoms with E-state index < -0.39 is 4.92 Å². The summed E-state index contributed by atoms with van der Waals surface area (Å²) in [6.07, 6.45) is 1.48. The number of non-ortho nitro benzene ring substituents is 1. The molecule has 1 atom stereocenters. The number of hydrogen-bond acceptors (Lipinski definition) is 4. The predicted molar refractivity (Wildman–Crippen MR) is 83.6 cm³/mol. The summed E-state index contributed by atoms with van der Waals surface area (Å²) in [5.41, 5.74) is 0.205. The molecule has 1 amide bonds. The second-order valence-electron chi connectivity index (χ2n) is 4.42. The predicted octanol–water partition coefficient (Wildman–Crippen LogP) is 2.34. The van der Waals surface area contributed by atoms with Crippen molar-refractivity contribution in [1.82, 2.24) is 5.32 Å². The van der Waals surface area contributed by atoms with Gasteiger partial charge >= 0.3 is 0 Å². The fourth-order valence-corrected chi connectivity index (χ4v) is 2.35. The summed E-state index contributed by atoms with van der Waals surface area (Å²) in [4.78, 5) is 22.3. The van der Waals surface area contributed by atoms with Crippen LogP contribution in [0.25, 0.3) is 0 Å². The molecule has 6 nitrogen and oxygen atoms in total. The van der Waals surface area contributed by atoms with E-state index in [1.807, 2.05) is 29.5 Å². The number of nitrogens with one attached hydrogen (secondary N) is 1. The summed E-state index contributed by atoms with van der Waals surface area (Å²) < 4.78 is 0.668. The van der Waals surface area contributed by atoms with Crippen LogP contribution >= 0.6 is 22.6 Å². The molecule has 1 unspecified atom stereocenters. The van der Waals surface area contributed by atoms with Crippen LogP contribution in [-0.4, -0.2) is 29.1 Å². The van der Waals surface area contributed by atoms with E-state index >= 15 is 0 Å². The minimum atomic E-state index is -0.520. The Bertz CT molecular complexity index is 493. The molecule has 0 aliphatic rings. The van der Waals surface area contributed by atoms with Crippen molar-refractivity contribution in [1.29, 1.82) is 0 Å². The van der Waals surface area contributed by atoms with Gasteiger partial charge < -0.3 is 10.4 Å². The molecule has 0 radical (unpaired) electrons. The molecular weight excluding hydrogens is 375 g/mol. The summed E-state index contributed by atoms with van der Waals surface area (Å²) in [5.74, 6) is -0.116. The average Bonchev–Trinajstić information content (AvgIpc) is 2.43. The maximum atomic E-state index is 12.1. The molecule has 0 aliphatic heterocycles. The Morgan fingerprint density at radius 2 is 2.25 bits per heavy atom. The highest BCUT2D eigenvalue weighted by Crippen LogP contribution is 2.19. The summed E-state index contributed by atoms with van der Waals surface area (Å²) in [7, 11) is 0. The molecule has 20 heavy (non-hydrogen) atoms. The SMILES string of the molecule is CCC(CCO)CNC(=O)c1cc([N+](=O)[O-])ccc1I. The van der Waals surface area contributed by atoms with Crippen molar-refractivity contribution in [2.45, 2.75) is 19.8 Å². The van der Waals surface area contributed by atoms with Gasteiger partial charge in [-0.1, -0.05) is 13.3 Å². The van der Waals surface area contributed by atoms with Crippen molar-refractivity contribution in [3.8, 4) is 0 Å². The summed E-state index contributed by atoms with van der Waals surface area (Å²) >= 11 is 1.98. The minimum absolute atomic E-state index is 0.0860. The molecule has 1 rings (SSSR count). The molecule has 7 heteroatoms. The largest absolute Gasteiger partial charge is 0.396 e. The van der Waals surface area contributed by atoms with Crippen molar-refractivity contribution < 1.29 is 14.8 Å². The first kappa shape index (κ1) is 16.8. The van der Waals surface area contributed by atoms with Gasteiger partial charge in [-0.05, 0) is 41.0 Å². The van der Waals surface area contributed by atoms with Gasteiger partial charge in [-0.25, -0.2) is 0 Å². The molecule has 0 saturated heterocycles. The van der Waals surface area contributed by atoms with E-state index in [4.69, 9.17) is 5.11 Å². The molecule has 0 heterocycles. The van der Waals surface area contributed by atoms with Gasteiger partial charge in [0.05, 0.1) is 10.5 Å². The number of nitro groups is 1. The van der Waals surface area contributed by atoms with Crippen LogP contribution in [0, 0.1) is 19.6 Å². The quantitative estimate of drug-likeness (QED) is 0.423. The molecular formula is C13H17IN2O4. The van der Waals surface area contributed by atoms with Gasteiger partial charge in [0.1, 0.15) is 0 Å². The van der Waals surface area contributed by atoms with E-state index in [2.05, 4.69) is 5.32 Å². The lowest BCUT2D eigenvalue weighted by atomic mass is 10.0. The van der Waals surface area contributed by atoms with Crippen LogP contribution in [0.15, 0.2) is 18.2 Å².